The van der Waals surface area contributed by atoms with Gasteiger partial charge in [-0.3, -0.25) is 0 Å². The Morgan fingerprint density at radius 2 is 1.95 bits per heavy atom. The van der Waals surface area contributed by atoms with Gasteiger partial charge < -0.3 is 15.6 Å². The van der Waals surface area contributed by atoms with E-state index in [2.05, 4.69) is 0 Å². The molecule has 0 amide bonds. The molecule has 19 heavy (non-hydrogen) atoms. The number of hydrogen-bond acceptors (Lipinski definition) is 4. The van der Waals surface area contributed by atoms with Crippen molar-refractivity contribution in [1.82, 2.24) is 0 Å². The SMILES string of the molecule is CC(OC1(CN)C(=C=O)C1(C)C)c1ccc(O)cc1. The van der Waals surface area contributed by atoms with Gasteiger partial charge in [0.1, 0.15) is 17.3 Å². The molecular formula is C15H19NO3. The number of ether oxygens (including phenoxy) is 1. The van der Waals surface area contributed by atoms with Crippen molar-refractivity contribution < 1.29 is 14.6 Å². The first kappa shape index (κ1) is 13.8. The van der Waals surface area contributed by atoms with Crippen LogP contribution in [0.4, 0.5) is 0 Å². The van der Waals surface area contributed by atoms with Crippen LogP contribution < -0.4 is 5.73 Å². The predicted octanol–water partition coefficient (Wildman–Crippen LogP) is 1.97. The Labute approximate surface area is 112 Å². The van der Waals surface area contributed by atoms with Crippen LogP contribution in [0, 0.1) is 5.41 Å². The Morgan fingerprint density at radius 3 is 2.37 bits per heavy atom. The highest BCUT2D eigenvalue weighted by atomic mass is 16.5. The first-order chi connectivity index (χ1) is 8.89. The van der Waals surface area contributed by atoms with Crippen LogP contribution in [0.1, 0.15) is 32.4 Å². The monoisotopic (exact) mass is 261 g/mol. The minimum atomic E-state index is -0.716. The van der Waals surface area contributed by atoms with Crippen LogP contribution in [0.2, 0.25) is 0 Å². The van der Waals surface area contributed by atoms with Crippen LogP contribution in [0.5, 0.6) is 5.75 Å². The zero-order valence-corrected chi connectivity index (χ0v) is 11.4. The molecule has 0 spiro atoms. The zero-order valence-electron chi connectivity index (χ0n) is 11.4. The fraction of sp³-hybridized carbons (Fsp3) is 0.467. The predicted molar refractivity (Wildman–Crippen MR) is 72.4 cm³/mol. The van der Waals surface area contributed by atoms with E-state index in [4.69, 9.17) is 10.5 Å². The summed E-state index contributed by atoms with van der Waals surface area (Å²) < 4.78 is 6.04. The van der Waals surface area contributed by atoms with Crippen molar-refractivity contribution in [3.05, 3.63) is 35.4 Å². The second kappa shape index (κ2) is 4.49. The zero-order chi connectivity index (χ0) is 14.3. The molecule has 102 valence electrons. The molecule has 0 saturated heterocycles. The van der Waals surface area contributed by atoms with Crippen molar-refractivity contribution in [3.63, 3.8) is 0 Å². The van der Waals surface area contributed by atoms with Gasteiger partial charge in [-0.15, -0.1) is 0 Å². The first-order valence-electron chi connectivity index (χ1n) is 6.32. The Hall–Kier alpha value is -1.61. The van der Waals surface area contributed by atoms with Gasteiger partial charge in [-0.1, -0.05) is 26.0 Å². The van der Waals surface area contributed by atoms with Gasteiger partial charge in [0.15, 0.2) is 0 Å². The molecule has 4 heteroatoms. The van der Waals surface area contributed by atoms with Crippen LogP contribution in [0.25, 0.3) is 0 Å². The summed E-state index contributed by atoms with van der Waals surface area (Å²) in [4.78, 5) is 11.0. The fourth-order valence-corrected chi connectivity index (χ4v) is 2.64. The molecule has 0 radical (unpaired) electrons. The molecule has 1 aliphatic rings. The summed E-state index contributed by atoms with van der Waals surface area (Å²) in [5.74, 6) is 2.17. The van der Waals surface area contributed by atoms with Crippen LogP contribution in [0.15, 0.2) is 29.8 Å². The molecule has 1 aromatic rings. The molecule has 0 aliphatic heterocycles. The number of benzene rings is 1. The molecule has 4 nitrogen and oxygen atoms in total. The Kier molecular flexibility index (Phi) is 3.27. The van der Waals surface area contributed by atoms with Crippen molar-refractivity contribution in [3.8, 4) is 5.75 Å². The third-order valence-electron chi connectivity index (χ3n) is 4.11. The van der Waals surface area contributed by atoms with Crippen molar-refractivity contribution in [2.75, 3.05) is 6.54 Å². The minimum absolute atomic E-state index is 0.213. The number of phenolic OH excluding ortho intramolecular Hbond substituents is 1. The number of hydrogen-bond donors (Lipinski definition) is 2. The minimum Gasteiger partial charge on any atom is -0.508 e. The van der Waals surface area contributed by atoms with E-state index in [1.54, 1.807) is 24.3 Å². The van der Waals surface area contributed by atoms with Gasteiger partial charge in [0.25, 0.3) is 0 Å². The van der Waals surface area contributed by atoms with Gasteiger partial charge in [-0.05, 0) is 24.6 Å². The van der Waals surface area contributed by atoms with E-state index in [0.717, 1.165) is 5.56 Å². The van der Waals surface area contributed by atoms with Crippen molar-refractivity contribution in [2.24, 2.45) is 11.1 Å². The van der Waals surface area contributed by atoms with E-state index < -0.39 is 5.60 Å². The molecule has 0 heterocycles. The summed E-state index contributed by atoms with van der Waals surface area (Å²) >= 11 is 0. The maximum atomic E-state index is 11.0. The lowest BCUT2D eigenvalue weighted by atomic mass is 10.1. The maximum Gasteiger partial charge on any atom is 0.127 e. The van der Waals surface area contributed by atoms with Crippen LogP contribution in [0.3, 0.4) is 0 Å². The highest BCUT2D eigenvalue weighted by Crippen LogP contribution is 2.63. The lowest BCUT2D eigenvalue weighted by Crippen LogP contribution is -2.32. The molecule has 1 aliphatic carbocycles. The van der Waals surface area contributed by atoms with Crippen LogP contribution in [-0.2, 0) is 9.53 Å². The third kappa shape index (κ3) is 1.98. The van der Waals surface area contributed by atoms with Gasteiger partial charge in [0.2, 0.25) is 0 Å². The van der Waals surface area contributed by atoms with E-state index in [0.29, 0.717) is 5.57 Å². The van der Waals surface area contributed by atoms with E-state index in [1.165, 1.54) is 0 Å². The third-order valence-corrected chi connectivity index (χ3v) is 4.11. The molecule has 2 rings (SSSR count). The van der Waals surface area contributed by atoms with E-state index in [1.807, 2.05) is 26.7 Å². The number of phenols is 1. The van der Waals surface area contributed by atoms with Crippen molar-refractivity contribution >= 4 is 5.94 Å². The quantitative estimate of drug-likeness (QED) is 0.813. The molecule has 0 bridgehead atoms. The highest BCUT2D eigenvalue weighted by molar-refractivity contribution is 5.70. The summed E-state index contributed by atoms with van der Waals surface area (Å²) in [7, 11) is 0. The van der Waals surface area contributed by atoms with E-state index in [9.17, 15) is 9.90 Å². The Balaban J connectivity index is 2.21. The van der Waals surface area contributed by atoms with Crippen molar-refractivity contribution in [1.29, 1.82) is 0 Å². The van der Waals surface area contributed by atoms with Crippen LogP contribution in [-0.4, -0.2) is 23.2 Å². The van der Waals surface area contributed by atoms with E-state index in [-0.39, 0.29) is 23.8 Å². The summed E-state index contributed by atoms with van der Waals surface area (Å²) in [6, 6.07) is 6.81. The smallest absolute Gasteiger partial charge is 0.127 e. The average Bonchev–Trinajstić information content (AvgIpc) is 2.85. The summed E-state index contributed by atoms with van der Waals surface area (Å²) in [5.41, 5.74) is 6.23. The summed E-state index contributed by atoms with van der Waals surface area (Å²) in [5, 5.41) is 9.28. The second-order valence-corrected chi connectivity index (χ2v) is 5.48. The number of aromatic hydroxyl groups is 1. The lowest BCUT2D eigenvalue weighted by Gasteiger charge is -2.23. The molecular weight excluding hydrogens is 242 g/mol. The second-order valence-electron chi connectivity index (χ2n) is 5.48. The summed E-state index contributed by atoms with van der Waals surface area (Å²) in [6.45, 7) is 6.03. The lowest BCUT2D eigenvalue weighted by molar-refractivity contribution is -0.0330. The van der Waals surface area contributed by atoms with E-state index >= 15 is 0 Å². The van der Waals surface area contributed by atoms with Gasteiger partial charge in [0, 0.05) is 12.0 Å². The normalized spacial score (nSPS) is 25.8. The average molecular weight is 261 g/mol. The topological polar surface area (TPSA) is 72.5 Å². The van der Waals surface area contributed by atoms with Crippen LogP contribution >= 0.6 is 0 Å². The first-order valence-corrected chi connectivity index (χ1v) is 6.32. The Bertz CT molecular complexity index is 529. The molecule has 3 N–H and O–H groups in total. The van der Waals surface area contributed by atoms with Gasteiger partial charge in [-0.25, -0.2) is 4.79 Å². The number of nitrogens with two attached hydrogens (primary N) is 1. The van der Waals surface area contributed by atoms with Gasteiger partial charge >= 0.3 is 0 Å². The Morgan fingerprint density at radius 1 is 1.37 bits per heavy atom. The van der Waals surface area contributed by atoms with Crippen molar-refractivity contribution in [2.45, 2.75) is 32.5 Å². The molecule has 0 aromatic heterocycles. The van der Waals surface area contributed by atoms with Gasteiger partial charge in [-0.2, -0.15) is 0 Å². The molecule has 1 fully saturated rings. The molecule has 1 saturated carbocycles. The summed E-state index contributed by atoms with van der Waals surface area (Å²) in [6.07, 6.45) is -0.214. The number of carbonyl (C=O) groups excluding carboxylic acids is 1. The largest absolute Gasteiger partial charge is 0.508 e. The highest BCUT2D eigenvalue weighted by Gasteiger charge is 2.69. The maximum absolute atomic E-state index is 11.0. The molecule has 2 atom stereocenters. The molecule has 2 unspecified atom stereocenters. The fourth-order valence-electron chi connectivity index (χ4n) is 2.64. The standard InChI is InChI=1S/C15H19NO3/c1-10(11-4-6-12(18)7-5-11)19-15(9-16)13(8-17)14(15,2)3/h4-7,10,18H,9,16H2,1-3H3. The van der Waals surface area contributed by atoms with Gasteiger partial charge in [0.05, 0.1) is 11.7 Å². The number of rotatable bonds is 4. The molecule has 1 aromatic carbocycles.